The maximum atomic E-state index is 10.8. The number of nitrogens with two attached hydrogens (primary N) is 1. The summed E-state index contributed by atoms with van der Waals surface area (Å²) in [6.45, 7) is 0.177. The van der Waals surface area contributed by atoms with E-state index in [1.807, 2.05) is 24.3 Å². The second kappa shape index (κ2) is 5.66. The monoisotopic (exact) mass is 323 g/mol. The Morgan fingerprint density at radius 3 is 2.84 bits per heavy atom. The van der Waals surface area contributed by atoms with E-state index in [0.717, 1.165) is 10.0 Å². The average Bonchev–Trinajstić information content (AvgIpc) is 2.36. The van der Waals surface area contributed by atoms with Crippen LogP contribution in [-0.2, 0) is 6.61 Å². The Hall–Kier alpha value is -2.15. The van der Waals surface area contributed by atoms with Gasteiger partial charge in [-0.3, -0.25) is 10.1 Å². The van der Waals surface area contributed by atoms with E-state index < -0.39 is 4.92 Å². The Morgan fingerprint density at radius 2 is 2.16 bits per heavy atom. The van der Waals surface area contributed by atoms with E-state index >= 15 is 0 Å². The van der Waals surface area contributed by atoms with Gasteiger partial charge in [-0.25, -0.2) is 0 Å². The Kier molecular flexibility index (Phi) is 3.96. The number of anilines is 1. The maximum Gasteiger partial charge on any atom is 0.331 e. The summed E-state index contributed by atoms with van der Waals surface area (Å²) < 4.78 is 6.27. The first-order valence-corrected chi connectivity index (χ1v) is 6.14. The van der Waals surface area contributed by atoms with Crippen molar-refractivity contribution in [2.24, 2.45) is 0 Å². The van der Waals surface area contributed by atoms with Gasteiger partial charge in [0.15, 0.2) is 0 Å². The lowest BCUT2D eigenvalue weighted by molar-refractivity contribution is -0.386. The number of benzene rings is 1. The highest BCUT2D eigenvalue weighted by Crippen LogP contribution is 2.26. The Balaban J connectivity index is 2.19. The molecule has 0 atom stereocenters. The number of nitrogen functional groups attached to an aromatic ring is 1. The van der Waals surface area contributed by atoms with E-state index in [1.165, 1.54) is 12.1 Å². The second-order valence-corrected chi connectivity index (χ2v) is 4.65. The molecule has 98 valence electrons. The van der Waals surface area contributed by atoms with E-state index in [0.29, 0.717) is 0 Å². The topological polar surface area (TPSA) is 91.3 Å². The van der Waals surface area contributed by atoms with Crippen LogP contribution in [0.4, 0.5) is 11.5 Å². The van der Waals surface area contributed by atoms with Gasteiger partial charge in [0, 0.05) is 10.5 Å². The van der Waals surface area contributed by atoms with Crippen LogP contribution in [0.15, 0.2) is 40.9 Å². The molecule has 0 aliphatic rings. The number of rotatable bonds is 4. The van der Waals surface area contributed by atoms with Crippen molar-refractivity contribution in [1.82, 2.24) is 4.98 Å². The van der Waals surface area contributed by atoms with Crippen LogP contribution < -0.4 is 10.5 Å². The number of ether oxygens (including phenoxy) is 1. The maximum absolute atomic E-state index is 10.8. The average molecular weight is 324 g/mol. The van der Waals surface area contributed by atoms with Gasteiger partial charge in [-0.15, -0.1) is 0 Å². The smallest absolute Gasteiger partial charge is 0.331 e. The summed E-state index contributed by atoms with van der Waals surface area (Å²) in [5, 5.41) is 10.8. The van der Waals surface area contributed by atoms with Gasteiger partial charge in [-0.05, 0) is 23.8 Å². The highest BCUT2D eigenvalue weighted by Gasteiger charge is 2.17. The summed E-state index contributed by atoms with van der Waals surface area (Å²) in [4.78, 5) is 14.1. The predicted octanol–water partition coefficient (Wildman–Crippen LogP) is 2.91. The fraction of sp³-hybridized carbons (Fsp3) is 0.0833. The van der Waals surface area contributed by atoms with Gasteiger partial charge in [-0.1, -0.05) is 28.1 Å². The molecule has 0 amide bonds. The zero-order valence-corrected chi connectivity index (χ0v) is 11.3. The Labute approximate surface area is 117 Å². The number of halogens is 1. The number of hydrogen-bond donors (Lipinski definition) is 1. The Bertz CT molecular complexity index is 619. The van der Waals surface area contributed by atoms with Crippen molar-refractivity contribution >= 4 is 27.4 Å². The molecule has 6 nitrogen and oxygen atoms in total. The fourth-order valence-corrected chi connectivity index (χ4v) is 1.92. The molecule has 0 bridgehead atoms. The van der Waals surface area contributed by atoms with E-state index in [9.17, 15) is 10.1 Å². The van der Waals surface area contributed by atoms with Gasteiger partial charge in [0.1, 0.15) is 12.4 Å². The van der Waals surface area contributed by atoms with Gasteiger partial charge in [0.2, 0.25) is 0 Å². The van der Waals surface area contributed by atoms with E-state index in [4.69, 9.17) is 10.5 Å². The van der Waals surface area contributed by atoms with Crippen molar-refractivity contribution in [3.8, 4) is 5.88 Å². The van der Waals surface area contributed by atoms with E-state index in [2.05, 4.69) is 20.9 Å². The number of aromatic nitrogens is 1. The minimum atomic E-state index is -0.553. The van der Waals surface area contributed by atoms with Gasteiger partial charge >= 0.3 is 5.69 Å². The van der Waals surface area contributed by atoms with Gasteiger partial charge in [0.05, 0.1) is 4.92 Å². The number of pyridine rings is 1. The van der Waals surface area contributed by atoms with Crippen LogP contribution in [0.5, 0.6) is 5.88 Å². The van der Waals surface area contributed by atoms with E-state index in [1.54, 1.807) is 0 Å². The highest BCUT2D eigenvalue weighted by molar-refractivity contribution is 9.10. The number of hydrogen-bond acceptors (Lipinski definition) is 5. The summed E-state index contributed by atoms with van der Waals surface area (Å²) >= 11 is 3.34. The first-order chi connectivity index (χ1) is 9.06. The van der Waals surface area contributed by atoms with Crippen molar-refractivity contribution in [3.63, 3.8) is 0 Å². The minimum absolute atomic E-state index is 0.0787. The second-order valence-electron chi connectivity index (χ2n) is 3.74. The third-order valence-corrected chi connectivity index (χ3v) is 2.82. The van der Waals surface area contributed by atoms with Gasteiger partial charge in [0.25, 0.3) is 5.88 Å². The Morgan fingerprint density at radius 1 is 1.37 bits per heavy atom. The fourth-order valence-electron chi connectivity index (χ4n) is 1.47. The van der Waals surface area contributed by atoms with Crippen LogP contribution in [0, 0.1) is 10.1 Å². The summed E-state index contributed by atoms with van der Waals surface area (Å²) in [6.07, 6.45) is 0. The van der Waals surface area contributed by atoms with Crippen molar-refractivity contribution < 1.29 is 9.66 Å². The molecular weight excluding hydrogens is 314 g/mol. The van der Waals surface area contributed by atoms with Crippen LogP contribution in [0.3, 0.4) is 0 Å². The first kappa shape index (κ1) is 13.3. The molecule has 0 aliphatic heterocycles. The first-order valence-electron chi connectivity index (χ1n) is 5.34. The molecule has 2 rings (SSSR count). The minimum Gasteiger partial charge on any atom is -0.468 e. The van der Waals surface area contributed by atoms with Crippen molar-refractivity contribution in [2.75, 3.05) is 5.73 Å². The standard InChI is InChI=1S/C12H10BrN3O3/c13-9-3-1-2-8(6-9)7-19-12-10(16(17)18)4-5-11(14)15-12/h1-6H,7H2,(H2,14,15). The van der Waals surface area contributed by atoms with Gasteiger partial charge < -0.3 is 10.5 Å². The molecule has 7 heteroatoms. The predicted molar refractivity (Wildman–Crippen MR) is 73.8 cm³/mol. The molecule has 2 aromatic rings. The lowest BCUT2D eigenvalue weighted by Gasteiger charge is -2.06. The van der Waals surface area contributed by atoms with Crippen LogP contribution in [0.2, 0.25) is 0 Å². The third kappa shape index (κ3) is 3.41. The zero-order chi connectivity index (χ0) is 13.8. The van der Waals surface area contributed by atoms with Crippen molar-refractivity contribution in [3.05, 3.63) is 56.5 Å². The molecule has 1 aromatic heterocycles. The number of nitrogens with zero attached hydrogens (tertiary/aromatic N) is 2. The SMILES string of the molecule is Nc1ccc([N+](=O)[O-])c(OCc2cccc(Br)c2)n1. The lowest BCUT2D eigenvalue weighted by Crippen LogP contribution is -2.03. The lowest BCUT2D eigenvalue weighted by atomic mass is 10.2. The molecular formula is C12H10BrN3O3. The quantitative estimate of drug-likeness (QED) is 0.690. The van der Waals surface area contributed by atoms with Crippen LogP contribution in [0.25, 0.3) is 0 Å². The molecule has 2 N–H and O–H groups in total. The number of nitro groups is 1. The molecule has 0 unspecified atom stereocenters. The molecule has 0 saturated carbocycles. The zero-order valence-electron chi connectivity index (χ0n) is 9.75. The summed E-state index contributed by atoms with van der Waals surface area (Å²) in [5.41, 5.74) is 6.16. The normalized spacial score (nSPS) is 10.2. The molecule has 0 radical (unpaired) electrons. The summed E-state index contributed by atoms with van der Waals surface area (Å²) in [7, 11) is 0. The van der Waals surface area contributed by atoms with Crippen LogP contribution in [0.1, 0.15) is 5.56 Å². The molecule has 0 aliphatic carbocycles. The molecule has 1 heterocycles. The van der Waals surface area contributed by atoms with Crippen LogP contribution >= 0.6 is 15.9 Å². The summed E-state index contributed by atoms with van der Waals surface area (Å²) in [5.74, 6) is 0.0971. The van der Waals surface area contributed by atoms with Crippen molar-refractivity contribution in [1.29, 1.82) is 0 Å². The third-order valence-electron chi connectivity index (χ3n) is 2.32. The van der Waals surface area contributed by atoms with Crippen molar-refractivity contribution in [2.45, 2.75) is 6.61 Å². The summed E-state index contributed by atoms with van der Waals surface area (Å²) in [6, 6.07) is 10.1. The highest BCUT2D eigenvalue weighted by atomic mass is 79.9. The molecule has 0 fully saturated rings. The molecule has 0 spiro atoms. The molecule has 0 saturated heterocycles. The largest absolute Gasteiger partial charge is 0.468 e. The van der Waals surface area contributed by atoms with Crippen LogP contribution in [-0.4, -0.2) is 9.91 Å². The molecule has 1 aromatic carbocycles. The van der Waals surface area contributed by atoms with Gasteiger partial charge in [-0.2, -0.15) is 4.98 Å². The molecule has 19 heavy (non-hydrogen) atoms. The van der Waals surface area contributed by atoms with E-state index in [-0.39, 0.29) is 24.0 Å².